The van der Waals surface area contributed by atoms with E-state index in [4.69, 9.17) is 4.99 Å². The molecule has 0 aromatic heterocycles. The van der Waals surface area contributed by atoms with Gasteiger partial charge in [0.1, 0.15) is 11.6 Å². The Morgan fingerprint density at radius 3 is 3.00 bits per heavy atom. The fourth-order valence-corrected chi connectivity index (χ4v) is 3.20. The van der Waals surface area contributed by atoms with Gasteiger partial charge in [-0.15, -0.1) is 0 Å². The van der Waals surface area contributed by atoms with E-state index in [0.717, 1.165) is 31.0 Å². The van der Waals surface area contributed by atoms with Gasteiger partial charge in [0.15, 0.2) is 0 Å². The maximum Gasteiger partial charge on any atom is 0.134 e. The molecule has 1 atom stereocenters. The lowest BCUT2D eigenvalue weighted by molar-refractivity contribution is 0.194. The SMILES string of the molecule is C=C(/C=C1/N=C(C)C=C(N2CCCC(NC)C2)N1C)CCCC. The van der Waals surface area contributed by atoms with Crippen LogP contribution < -0.4 is 5.32 Å². The molecule has 23 heavy (non-hydrogen) atoms. The molecule has 4 nitrogen and oxygen atoms in total. The topological polar surface area (TPSA) is 30.9 Å². The molecule has 1 saturated heterocycles. The van der Waals surface area contributed by atoms with E-state index in [9.17, 15) is 0 Å². The van der Waals surface area contributed by atoms with Crippen molar-refractivity contribution in [1.29, 1.82) is 0 Å². The molecular weight excluding hydrogens is 284 g/mol. The van der Waals surface area contributed by atoms with Gasteiger partial charge in [0.05, 0.1) is 0 Å². The molecule has 2 rings (SSSR count). The van der Waals surface area contributed by atoms with Gasteiger partial charge in [0.25, 0.3) is 0 Å². The summed E-state index contributed by atoms with van der Waals surface area (Å²) in [5, 5.41) is 3.42. The van der Waals surface area contributed by atoms with Crippen LogP contribution >= 0.6 is 0 Å². The van der Waals surface area contributed by atoms with Crippen LogP contribution in [0.25, 0.3) is 0 Å². The molecule has 2 aliphatic heterocycles. The molecule has 128 valence electrons. The van der Waals surface area contributed by atoms with Crippen LogP contribution in [-0.4, -0.2) is 48.7 Å². The van der Waals surface area contributed by atoms with Crippen molar-refractivity contribution in [3.8, 4) is 0 Å². The second-order valence-corrected chi connectivity index (χ2v) is 6.65. The summed E-state index contributed by atoms with van der Waals surface area (Å²) in [6.45, 7) is 10.7. The monoisotopic (exact) mass is 316 g/mol. The van der Waals surface area contributed by atoms with Crippen LogP contribution in [0.3, 0.4) is 0 Å². The van der Waals surface area contributed by atoms with Crippen molar-refractivity contribution in [3.63, 3.8) is 0 Å². The molecule has 1 fully saturated rings. The van der Waals surface area contributed by atoms with Crippen molar-refractivity contribution in [1.82, 2.24) is 15.1 Å². The van der Waals surface area contributed by atoms with E-state index >= 15 is 0 Å². The summed E-state index contributed by atoms with van der Waals surface area (Å²) >= 11 is 0. The van der Waals surface area contributed by atoms with Crippen LogP contribution in [0.2, 0.25) is 0 Å². The van der Waals surface area contributed by atoms with Crippen LogP contribution in [0.5, 0.6) is 0 Å². The van der Waals surface area contributed by atoms with Crippen molar-refractivity contribution in [3.05, 3.63) is 35.9 Å². The van der Waals surface area contributed by atoms with Crippen molar-refractivity contribution < 1.29 is 0 Å². The maximum absolute atomic E-state index is 4.72. The van der Waals surface area contributed by atoms with Gasteiger partial charge < -0.3 is 15.1 Å². The predicted octanol–water partition coefficient (Wildman–Crippen LogP) is 3.51. The average molecular weight is 316 g/mol. The lowest BCUT2D eigenvalue weighted by atomic mass is 10.1. The predicted molar refractivity (Wildman–Crippen MR) is 99.4 cm³/mol. The number of piperidine rings is 1. The first kappa shape index (κ1) is 17.8. The zero-order chi connectivity index (χ0) is 16.8. The summed E-state index contributed by atoms with van der Waals surface area (Å²) < 4.78 is 0. The third-order valence-electron chi connectivity index (χ3n) is 4.65. The number of likely N-dealkylation sites (tertiary alicyclic amines) is 1. The molecule has 0 aromatic rings. The first-order valence-corrected chi connectivity index (χ1v) is 8.87. The molecule has 1 unspecified atom stereocenters. The van der Waals surface area contributed by atoms with E-state index in [1.807, 2.05) is 0 Å². The van der Waals surface area contributed by atoms with Gasteiger partial charge in [0.2, 0.25) is 0 Å². The Morgan fingerprint density at radius 1 is 1.52 bits per heavy atom. The molecule has 0 amide bonds. The molecule has 0 spiro atoms. The fraction of sp³-hybridized carbons (Fsp3) is 0.632. The fourth-order valence-electron chi connectivity index (χ4n) is 3.20. The van der Waals surface area contributed by atoms with Crippen molar-refractivity contribution in [2.24, 2.45) is 4.99 Å². The molecule has 1 N–H and O–H groups in total. The largest absolute Gasteiger partial charge is 0.356 e. The number of nitrogens with one attached hydrogen (secondary N) is 1. The van der Waals surface area contributed by atoms with Gasteiger partial charge in [-0.2, -0.15) is 0 Å². The summed E-state index contributed by atoms with van der Waals surface area (Å²) in [5.41, 5.74) is 2.23. The number of unbranched alkanes of at least 4 members (excludes halogenated alkanes) is 1. The number of likely N-dealkylation sites (N-methyl/N-ethyl adjacent to an activating group) is 1. The summed E-state index contributed by atoms with van der Waals surface area (Å²) in [6, 6.07) is 0.573. The Balaban J connectivity index is 2.14. The van der Waals surface area contributed by atoms with E-state index in [0.29, 0.717) is 6.04 Å². The minimum Gasteiger partial charge on any atom is -0.356 e. The van der Waals surface area contributed by atoms with E-state index in [1.54, 1.807) is 0 Å². The summed E-state index contributed by atoms with van der Waals surface area (Å²) in [6.07, 6.45) is 10.3. The molecule has 0 bridgehead atoms. The maximum atomic E-state index is 4.72. The third-order valence-corrected chi connectivity index (χ3v) is 4.65. The highest BCUT2D eigenvalue weighted by Crippen LogP contribution is 2.25. The van der Waals surface area contributed by atoms with Gasteiger partial charge in [0, 0.05) is 38.0 Å². The molecule has 0 aliphatic carbocycles. The quantitative estimate of drug-likeness (QED) is 0.813. The minimum atomic E-state index is 0.573. The number of nitrogens with zero attached hydrogens (tertiary/aromatic N) is 3. The highest BCUT2D eigenvalue weighted by molar-refractivity contribution is 5.94. The van der Waals surface area contributed by atoms with Crippen molar-refractivity contribution in [2.45, 2.75) is 52.0 Å². The Hall–Kier alpha value is -1.55. The lowest BCUT2D eigenvalue weighted by Crippen LogP contribution is -2.47. The molecule has 0 radical (unpaired) electrons. The number of aliphatic imine (C=N–C) groups is 1. The first-order valence-electron chi connectivity index (χ1n) is 8.87. The molecule has 0 aromatic carbocycles. The van der Waals surface area contributed by atoms with Crippen molar-refractivity contribution in [2.75, 3.05) is 27.2 Å². The van der Waals surface area contributed by atoms with Gasteiger partial charge in [-0.05, 0) is 45.7 Å². The van der Waals surface area contributed by atoms with E-state index < -0.39 is 0 Å². The number of hydrogen-bond acceptors (Lipinski definition) is 4. The number of rotatable bonds is 6. The summed E-state index contributed by atoms with van der Waals surface area (Å²) in [7, 11) is 4.17. The Morgan fingerprint density at radius 2 is 2.30 bits per heavy atom. The Kier molecular flexibility index (Phi) is 6.46. The van der Waals surface area contributed by atoms with Crippen molar-refractivity contribution >= 4 is 5.71 Å². The Bertz CT molecular complexity index is 515. The van der Waals surface area contributed by atoms with Gasteiger partial charge in [-0.1, -0.05) is 25.5 Å². The molecular formula is C19H32N4. The van der Waals surface area contributed by atoms with Crippen LogP contribution in [0.15, 0.2) is 40.9 Å². The van der Waals surface area contributed by atoms with E-state index in [1.165, 1.54) is 37.1 Å². The zero-order valence-electron chi connectivity index (χ0n) is 15.2. The van der Waals surface area contributed by atoms with Gasteiger partial charge in [-0.3, -0.25) is 0 Å². The smallest absolute Gasteiger partial charge is 0.134 e. The molecule has 2 aliphatic rings. The second kappa shape index (κ2) is 8.34. The minimum absolute atomic E-state index is 0.573. The molecule has 2 heterocycles. The van der Waals surface area contributed by atoms with E-state index in [-0.39, 0.29) is 0 Å². The zero-order valence-corrected chi connectivity index (χ0v) is 15.2. The van der Waals surface area contributed by atoms with Gasteiger partial charge >= 0.3 is 0 Å². The summed E-state index contributed by atoms with van der Waals surface area (Å²) in [5.74, 6) is 2.26. The van der Waals surface area contributed by atoms with Gasteiger partial charge in [-0.25, -0.2) is 4.99 Å². The van der Waals surface area contributed by atoms with Crippen LogP contribution in [0, 0.1) is 0 Å². The summed E-state index contributed by atoms with van der Waals surface area (Å²) in [4.78, 5) is 9.41. The molecule has 4 heteroatoms. The molecule has 0 saturated carbocycles. The van der Waals surface area contributed by atoms with Crippen LogP contribution in [0.4, 0.5) is 0 Å². The second-order valence-electron chi connectivity index (χ2n) is 6.65. The normalized spacial score (nSPS) is 23.8. The van der Waals surface area contributed by atoms with Crippen LogP contribution in [0.1, 0.15) is 46.0 Å². The third kappa shape index (κ3) is 4.71. The highest BCUT2D eigenvalue weighted by Gasteiger charge is 2.25. The number of hydrogen-bond donors (Lipinski definition) is 1. The van der Waals surface area contributed by atoms with E-state index in [2.05, 4.69) is 61.8 Å². The standard InChI is InChI=1S/C19H32N4/c1-6-7-9-15(2)12-18-21-16(3)13-19(22(18)5)23-11-8-10-17(14-23)20-4/h12-13,17,20H,2,6-11,14H2,1,3-5H3/b18-12-. The highest BCUT2D eigenvalue weighted by atomic mass is 15.4. The first-order chi connectivity index (χ1) is 11.0. The Labute approximate surface area is 141 Å². The number of allylic oxidation sites excluding steroid dienone is 3. The van der Waals surface area contributed by atoms with Crippen LogP contribution in [-0.2, 0) is 0 Å². The lowest BCUT2D eigenvalue weighted by Gasteiger charge is -2.40. The average Bonchev–Trinajstić information content (AvgIpc) is 2.56.